The average molecular weight is 388 g/mol. The Labute approximate surface area is 168 Å². The Morgan fingerprint density at radius 3 is 3.03 bits per heavy atom. The molecule has 1 aliphatic rings. The number of hydrogen-bond donors (Lipinski definition) is 2. The van der Waals surface area contributed by atoms with E-state index < -0.39 is 5.97 Å². The van der Waals surface area contributed by atoms with Crippen LogP contribution in [0.2, 0.25) is 0 Å². The van der Waals surface area contributed by atoms with Crippen LogP contribution in [-0.2, 0) is 11.2 Å². The first-order valence-corrected chi connectivity index (χ1v) is 9.49. The fourth-order valence-corrected chi connectivity index (χ4v) is 3.75. The normalized spacial score (nSPS) is 15.1. The van der Waals surface area contributed by atoms with Gasteiger partial charge in [0, 0.05) is 23.7 Å². The minimum absolute atomic E-state index is 0.0982. The molecule has 0 amide bonds. The van der Waals surface area contributed by atoms with E-state index in [0.29, 0.717) is 29.4 Å². The van der Waals surface area contributed by atoms with Crippen LogP contribution in [0, 0.1) is 18.3 Å². The number of carboxylic acids is 1. The predicted octanol–water partition coefficient (Wildman–Crippen LogP) is 3.64. The second kappa shape index (κ2) is 7.86. The lowest BCUT2D eigenvalue weighted by Gasteiger charge is -2.13. The van der Waals surface area contributed by atoms with Gasteiger partial charge in [-0.2, -0.15) is 10.2 Å². The largest absolute Gasteiger partial charge is 0.481 e. The smallest absolute Gasteiger partial charge is 0.304 e. The topological polar surface area (TPSA) is 112 Å². The highest BCUT2D eigenvalue weighted by Gasteiger charge is 2.26. The summed E-state index contributed by atoms with van der Waals surface area (Å²) in [5.74, 6) is 0.0878. The molecule has 3 aromatic rings. The Balaban J connectivity index is 1.60. The number of fused-ring (bicyclic) bond motifs is 1. The summed E-state index contributed by atoms with van der Waals surface area (Å²) in [6.07, 6.45) is 1.87. The number of nitrogens with zero attached hydrogens (tertiary/aromatic N) is 3. The number of aliphatic carboxylic acids is 1. The minimum Gasteiger partial charge on any atom is -0.481 e. The molecule has 0 saturated heterocycles. The molecule has 29 heavy (non-hydrogen) atoms. The lowest BCUT2D eigenvalue weighted by molar-refractivity contribution is -0.136. The van der Waals surface area contributed by atoms with Crippen LogP contribution < -0.4 is 5.32 Å². The summed E-state index contributed by atoms with van der Waals surface area (Å²) in [6.45, 7) is 2.32. The molecule has 1 aliphatic carbocycles. The van der Waals surface area contributed by atoms with Gasteiger partial charge in [0.05, 0.1) is 18.1 Å². The third-order valence-electron chi connectivity index (χ3n) is 5.27. The van der Waals surface area contributed by atoms with E-state index in [1.54, 1.807) is 6.07 Å². The molecule has 1 aromatic heterocycles. The summed E-state index contributed by atoms with van der Waals surface area (Å²) in [5.41, 5.74) is 5.44. The molecule has 0 saturated carbocycles. The lowest BCUT2D eigenvalue weighted by atomic mass is 10.0. The van der Waals surface area contributed by atoms with Crippen LogP contribution in [0.25, 0.3) is 22.8 Å². The molecule has 7 heteroatoms. The Hall–Kier alpha value is -3.50. The van der Waals surface area contributed by atoms with Gasteiger partial charge in [0.2, 0.25) is 5.82 Å². The van der Waals surface area contributed by atoms with Crippen molar-refractivity contribution in [1.82, 2.24) is 15.5 Å². The molecule has 0 spiro atoms. The highest BCUT2D eigenvalue weighted by Crippen LogP contribution is 2.37. The maximum absolute atomic E-state index is 10.8. The SMILES string of the molecule is Cc1ccc(-c2nc(-c3cccc4c3CCC4NCCC(=O)O)no2)cc1C#N. The van der Waals surface area contributed by atoms with Gasteiger partial charge in [0.15, 0.2) is 0 Å². The number of aryl methyl sites for hydroxylation is 1. The summed E-state index contributed by atoms with van der Waals surface area (Å²) in [4.78, 5) is 15.3. The molecule has 4 rings (SSSR count). The van der Waals surface area contributed by atoms with Crippen LogP contribution in [0.5, 0.6) is 0 Å². The number of nitrogens with one attached hydrogen (secondary N) is 1. The average Bonchev–Trinajstić information content (AvgIpc) is 3.36. The summed E-state index contributed by atoms with van der Waals surface area (Å²) >= 11 is 0. The maximum Gasteiger partial charge on any atom is 0.304 e. The van der Waals surface area contributed by atoms with Gasteiger partial charge in [0.1, 0.15) is 0 Å². The molecule has 146 valence electrons. The van der Waals surface area contributed by atoms with E-state index in [0.717, 1.165) is 35.1 Å². The van der Waals surface area contributed by atoms with Crippen LogP contribution in [0.1, 0.15) is 41.1 Å². The summed E-state index contributed by atoms with van der Waals surface area (Å²) in [7, 11) is 0. The number of hydrogen-bond acceptors (Lipinski definition) is 6. The van der Waals surface area contributed by atoms with Gasteiger partial charge in [0.25, 0.3) is 5.89 Å². The molecular formula is C22H20N4O3. The molecular weight excluding hydrogens is 368 g/mol. The molecule has 1 atom stereocenters. The number of aromatic nitrogens is 2. The number of nitriles is 1. The van der Waals surface area contributed by atoms with Gasteiger partial charge < -0.3 is 14.9 Å². The van der Waals surface area contributed by atoms with Crippen molar-refractivity contribution in [3.63, 3.8) is 0 Å². The molecule has 0 fully saturated rings. The van der Waals surface area contributed by atoms with Crippen molar-refractivity contribution in [3.8, 4) is 28.9 Å². The van der Waals surface area contributed by atoms with Crippen molar-refractivity contribution >= 4 is 5.97 Å². The number of carboxylic acid groups (broad SMARTS) is 1. The Morgan fingerprint density at radius 2 is 2.24 bits per heavy atom. The lowest BCUT2D eigenvalue weighted by Crippen LogP contribution is -2.22. The number of rotatable bonds is 6. The van der Waals surface area contributed by atoms with Crippen molar-refractivity contribution in [3.05, 3.63) is 58.7 Å². The summed E-state index contributed by atoms with van der Waals surface area (Å²) in [5, 5.41) is 25.6. The minimum atomic E-state index is -0.806. The van der Waals surface area contributed by atoms with E-state index in [9.17, 15) is 10.1 Å². The first kappa shape index (κ1) is 18.8. The Kier molecular flexibility index (Phi) is 5.10. The van der Waals surface area contributed by atoms with E-state index in [2.05, 4.69) is 27.6 Å². The Bertz CT molecular complexity index is 1110. The van der Waals surface area contributed by atoms with E-state index in [1.807, 2.05) is 31.2 Å². The predicted molar refractivity (Wildman–Crippen MR) is 106 cm³/mol. The Morgan fingerprint density at radius 1 is 1.38 bits per heavy atom. The van der Waals surface area contributed by atoms with E-state index >= 15 is 0 Å². The zero-order chi connectivity index (χ0) is 20.4. The zero-order valence-corrected chi connectivity index (χ0v) is 16.0. The van der Waals surface area contributed by atoms with Gasteiger partial charge in [-0.3, -0.25) is 4.79 Å². The van der Waals surface area contributed by atoms with Gasteiger partial charge >= 0.3 is 5.97 Å². The van der Waals surface area contributed by atoms with Crippen LogP contribution in [-0.4, -0.2) is 27.8 Å². The number of benzene rings is 2. The molecule has 1 heterocycles. The zero-order valence-electron chi connectivity index (χ0n) is 16.0. The third-order valence-corrected chi connectivity index (χ3v) is 5.27. The molecule has 2 aromatic carbocycles. The molecule has 0 bridgehead atoms. The van der Waals surface area contributed by atoms with Crippen molar-refractivity contribution in [2.45, 2.75) is 32.2 Å². The van der Waals surface area contributed by atoms with E-state index in [-0.39, 0.29) is 12.5 Å². The van der Waals surface area contributed by atoms with Crippen LogP contribution in [0.3, 0.4) is 0 Å². The first-order valence-electron chi connectivity index (χ1n) is 9.49. The second-order valence-electron chi connectivity index (χ2n) is 7.13. The monoisotopic (exact) mass is 388 g/mol. The van der Waals surface area contributed by atoms with E-state index in [4.69, 9.17) is 9.63 Å². The highest BCUT2D eigenvalue weighted by molar-refractivity contribution is 5.67. The molecule has 7 nitrogen and oxygen atoms in total. The molecule has 0 aliphatic heterocycles. The third kappa shape index (κ3) is 3.75. The molecule has 0 radical (unpaired) electrons. The fourth-order valence-electron chi connectivity index (χ4n) is 3.75. The van der Waals surface area contributed by atoms with Crippen molar-refractivity contribution < 1.29 is 14.4 Å². The molecule has 1 unspecified atom stereocenters. The van der Waals surface area contributed by atoms with Gasteiger partial charge in [-0.05, 0) is 48.6 Å². The maximum atomic E-state index is 10.8. The number of carbonyl (C=O) groups is 1. The standard InChI is InChI=1S/C22H20N4O3/c1-13-5-6-14(11-15(13)12-23)22-25-21(26-29-22)18-4-2-3-17-16(18)7-8-19(17)24-10-9-20(27)28/h2-6,11,19,24H,7-10H2,1H3,(H,27,28). The van der Waals surface area contributed by atoms with Crippen LogP contribution in [0.15, 0.2) is 40.9 Å². The quantitative estimate of drug-likeness (QED) is 0.663. The van der Waals surface area contributed by atoms with Gasteiger partial charge in [-0.25, -0.2) is 0 Å². The fraction of sp³-hybridized carbons (Fsp3) is 0.273. The van der Waals surface area contributed by atoms with Gasteiger partial charge in [-0.15, -0.1) is 0 Å². The van der Waals surface area contributed by atoms with Gasteiger partial charge in [-0.1, -0.05) is 29.4 Å². The highest BCUT2D eigenvalue weighted by atomic mass is 16.5. The molecule has 2 N–H and O–H groups in total. The van der Waals surface area contributed by atoms with Crippen molar-refractivity contribution in [1.29, 1.82) is 5.26 Å². The van der Waals surface area contributed by atoms with Crippen LogP contribution in [0.4, 0.5) is 0 Å². The summed E-state index contributed by atoms with van der Waals surface area (Å²) in [6, 6.07) is 13.8. The second-order valence-corrected chi connectivity index (χ2v) is 7.13. The van der Waals surface area contributed by atoms with Crippen molar-refractivity contribution in [2.24, 2.45) is 0 Å². The van der Waals surface area contributed by atoms with Crippen LogP contribution >= 0.6 is 0 Å². The summed E-state index contributed by atoms with van der Waals surface area (Å²) < 4.78 is 5.47. The van der Waals surface area contributed by atoms with Crippen molar-refractivity contribution in [2.75, 3.05) is 6.54 Å². The first-order chi connectivity index (χ1) is 14.1. The van der Waals surface area contributed by atoms with E-state index in [1.165, 1.54) is 0 Å².